The van der Waals surface area contributed by atoms with Crippen molar-refractivity contribution in [3.63, 3.8) is 0 Å². The zero-order valence-corrected chi connectivity index (χ0v) is 19.2. The molecule has 0 amide bonds. The van der Waals surface area contributed by atoms with Gasteiger partial charge in [-0.2, -0.15) is 0 Å². The zero-order valence-electron chi connectivity index (χ0n) is 17.6. The molecule has 0 aromatic heterocycles. The fraction of sp³-hybridized carbons (Fsp3) is 0.143. The van der Waals surface area contributed by atoms with Gasteiger partial charge in [0, 0.05) is 16.7 Å². The van der Waals surface area contributed by atoms with Crippen LogP contribution in [-0.4, -0.2) is 7.11 Å². The lowest BCUT2D eigenvalue weighted by Crippen LogP contribution is -2.30. The number of nitrogens with zero attached hydrogens (tertiary/aromatic N) is 1. The van der Waals surface area contributed by atoms with Crippen molar-refractivity contribution in [2.24, 2.45) is 0 Å². The van der Waals surface area contributed by atoms with Gasteiger partial charge in [0.05, 0.1) is 13.2 Å². The summed E-state index contributed by atoms with van der Waals surface area (Å²) in [4.78, 5) is 2.49. The van der Waals surface area contributed by atoms with Gasteiger partial charge in [0.2, 0.25) is 0 Å². The first-order chi connectivity index (χ1) is 15.2. The van der Waals surface area contributed by atoms with Crippen LogP contribution in [0.15, 0.2) is 114 Å². The fourth-order valence-electron chi connectivity index (χ4n) is 3.87. The Hall–Kier alpha value is -3.04. The molecular formula is C28H26BrNO. The van der Waals surface area contributed by atoms with E-state index < -0.39 is 0 Å². The normalized spacial score (nSPS) is 11.7. The molecule has 4 aromatic carbocycles. The monoisotopic (exact) mass is 471 g/mol. The highest BCUT2D eigenvalue weighted by Crippen LogP contribution is 2.33. The summed E-state index contributed by atoms with van der Waals surface area (Å²) in [5, 5.41) is 0. The van der Waals surface area contributed by atoms with Crippen LogP contribution < -0.4 is 9.64 Å². The second-order valence-electron chi connectivity index (χ2n) is 7.57. The SMILES string of the molecule is COc1ccc(N(Cc2ccccc2)C(Cc2ccccc2)c2ccc(Br)cc2)cc1. The predicted octanol–water partition coefficient (Wildman–Crippen LogP) is 7.45. The Bertz CT molecular complexity index is 1060. The Morgan fingerprint density at radius 1 is 0.710 bits per heavy atom. The van der Waals surface area contributed by atoms with Crippen LogP contribution in [0.3, 0.4) is 0 Å². The smallest absolute Gasteiger partial charge is 0.119 e. The Morgan fingerprint density at radius 3 is 1.87 bits per heavy atom. The van der Waals surface area contributed by atoms with E-state index in [1.54, 1.807) is 7.11 Å². The molecule has 1 atom stereocenters. The van der Waals surface area contributed by atoms with Crippen molar-refractivity contribution in [3.8, 4) is 5.75 Å². The van der Waals surface area contributed by atoms with Gasteiger partial charge in [-0.1, -0.05) is 88.7 Å². The molecule has 0 aliphatic heterocycles. The van der Waals surface area contributed by atoms with Crippen molar-refractivity contribution in [2.75, 3.05) is 12.0 Å². The minimum absolute atomic E-state index is 0.184. The molecule has 0 radical (unpaired) electrons. The largest absolute Gasteiger partial charge is 0.497 e. The average Bonchev–Trinajstić information content (AvgIpc) is 2.83. The van der Waals surface area contributed by atoms with Gasteiger partial charge in [-0.3, -0.25) is 0 Å². The van der Waals surface area contributed by atoms with Crippen LogP contribution in [0.2, 0.25) is 0 Å². The Kier molecular flexibility index (Phi) is 7.06. The number of ether oxygens (including phenoxy) is 1. The first-order valence-electron chi connectivity index (χ1n) is 10.5. The molecule has 2 nitrogen and oxygen atoms in total. The number of methoxy groups -OCH3 is 1. The summed E-state index contributed by atoms with van der Waals surface area (Å²) in [6.07, 6.45) is 0.918. The van der Waals surface area contributed by atoms with Crippen LogP contribution in [0.1, 0.15) is 22.7 Å². The Labute approximate surface area is 193 Å². The second kappa shape index (κ2) is 10.3. The van der Waals surface area contributed by atoms with Crippen molar-refractivity contribution in [2.45, 2.75) is 19.0 Å². The van der Waals surface area contributed by atoms with Crippen LogP contribution >= 0.6 is 15.9 Å². The lowest BCUT2D eigenvalue weighted by molar-refractivity contribution is 0.414. The molecule has 1 unspecified atom stereocenters. The summed E-state index contributed by atoms with van der Waals surface area (Å²) in [5.74, 6) is 0.867. The van der Waals surface area contributed by atoms with Gasteiger partial charge in [-0.15, -0.1) is 0 Å². The van der Waals surface area contributed by atoms with Gasteiger partial charge in [-0.05, 0) is 59.5 Å². The standard InChI is InChI=1S/C28H26BrNO/c1-31-27-18-16-26(17-19-27)30(21-23-10-6-3-7-11-23)28(20-22-8-4-2-5-9-22)24-12-14-25(29)15-13-24/h2-19,28H,20-21H2,1H3. The van der Waals surface area contributed by atoms with Crippen LogP contribution in [0.5, 0.6) is 5.75 Å². The van der Waals surface area contributed by atoms with Crippen molar-refractivity contribution in [3.05, 3.63) is 130 Å². The molecule has 0 saturated heterocycles. The van der Waals surface area contributed by atoms with E-state index in [2.05, 4.69) is 118 Å². The number of anilines is 1. The lowest BCUT2D eigenvalue weighted by Gasteiger charge is -2.35. The van der Waals surface area contributed by atoms with Gasteiger partial charge < -0.3 is 9.64 Å². The quantitative estimate of drug-likeness (QED) is 0.264. The highest BCUT2D eigenvalue weighted by molar-refractivity contribution is 9.10. The maximum atomic E-state index is 5.40. The first kappa shape index (κ1) is 21.2. The number of benzene rings is 4. The third kappa shape index (κ3) is 5.56. The van der Waals surface area contributed by atoms with E-state index in [1.165, 1.54) is 22.4 Å². The molecule has 0 N–H and O–H groups in total. The molecule has 4 rings (SSSR count). The molecule has 0 saturated carbocycles. The molecule has 4 aromatic rings. The zero-order chi connectivity index (χ0) is 21.5. The highest BCUT2D eigenvalue weighted by Gasteiger charge is 2.22. The molecule has 31 heavy (non-hydrogen) atoms. The minimum atomic E-state index is 0.184. The first-order valence-corrected chi connectivity index (χ1v) is 11.3. The summed E-state index contributed by atoms with van der Waals surface area (Å²) in [6.45, 7) is 0.820. The molecule has 0 spiro atoms. The number of hydrogen-bond donors (Lipinski definition) is 0. The van der Waals surface area contributed by atoms with Crippen LogP contribution in [0.4, 0.5) is 5.69 Å². The number of hydrogen-bond acceptors (Lipinski definition) is 2. The molecular weight excluding hydrogens is 446 g/mol. The molecule has 0 heterocycles. The Balaban J connectivity index is 1.77. The lowest BCUT2D eigenvalue weighted by atomic mass is 9.96. The molecule has 0 fully saturated rings. The van der Waals surface area contributed by atoms with Crippen molar-refractivity contribution in [1.29, 1.82) is 0 Å². The summed E-state index contributed by atoms with van der Waals surface area (Å²) < 4.78 is 6.49. The second-order valence-corrected chi connectivity index (χ2v) is 8.48. The third-order valence-corrected chi connectivity index (χ3v) is 6.03. The molecule has 3 heteroatoms. The van der Waals surface area contributed by atoms with Gasteiger partial charge in [0.15, 0.2) is 0 Å². The third-order valence-electron chi connectivity index (χ3n) is 5.50. The molecule has 0 aliphatic rings. The van der Waals surface area contributed by atoms with E-state index in [4.69, 9.17) is 4.74 Å². The molecule has 0 aliphatic carbocycles. The number of rotatable bonds is 8. The maximum Gasteiger partial charge on any atom is 0.119 e. The van der Waals surface area contributed by atoms with E-state index >= 15 is 0 Å². The van der Waals surface area contributed by atoms with Gasteiger partial charge >= 0.3 is 0 Å². The van der Waals surface area contributed by atoms with E-state index in [0.717, 1.165) is 23.2 Å². The topological polar surface area (TPSA) is 12.5 Å². The van der Waals surface area contributed by atoms with Crippen molar-refractivity contribution < 1.29 is 4.74 Å². The summed E-state index contributed by atoms with van der Waals surface area (Å²) in [5.41, 5.74) is 5.07. The highest BCUT2D eigenvalue weighted by atomic mass is 79.9. The average molecular weight is 472 g/mol. The van der Waals surface area contributed by atoms with E-state index in [9.17, 15) is 0 Å². The van der Waals surface area contributed by atoms with Crippen LogP contribution in [-0.2, 0) is 13.0 Å². The number of halogens is 1. The molecule has 0 bridgehead atoms. The Morgan fingerprint density at radius 2 is 1.29 bits per heavy atom. The van der Waals surface area contributed by atoms with E-state index in [-0.39, 0.29) is 6.04 Å². The maximum absolute atomic E-state index is 5.40. The van der Waals surface area contributed by atoms with Crippen molar-refractivity contribution >= 4 is 21.6 Å². The molecule has 156 valence electrons. The summed E-state index contributed by atoms with van der Waals surface area (Å²) in [7, 11) is 1.71. The van der Waals surface area contributed by atoms with Gasteiger partial charge in [0.1, 0.15) is 5.75 Å². The van der Waals surface area contributed by atoms with Crippen LogP contribution in [0.25, 0.3) is 0 Å². The summed E-state index contributed by atoms with van der Waals surface area (Å²) in [6, 6.07) is 38.6. The predicted molar refractivity (Wildman–Crippen MR) is 133 cm³/mol. The van der Waals surface area contributed by atoms with Crippen molar-refractivity contribution in [1.82, 2.24) is 0 Å². The van der Waals surface area contributed by atoms with Crippen LogP contribution in [0, 0.1) is 0 Å². The van der Waals surface area contributed by atoms with E-state index in [1.807, 2.05) is 12.1 Å². The van der Waals surface area contributed by atoms with E-state index in [0.29, 0.717) is 0 Å². The van der Waals surface area contributed by atoms with Gasteiger partial charge in [-0.25, -0.2) is 0 Å². The fourth-order valence-corrected chi connectivity index (χ4v) is 4.13. The van der Waals surface area contributed by atoms with Gasteiger partial charge in [0.25, 0.3) is 0 Å². The minimum Gasteiger partial charge on any atom is -0.497 e. The summed E-state index contributed by atoms with van der Waals surface area (Å²) >= 11 is 3.59.